The lowest BCUT2D eigenvalue weighted by atomic mass is 10.1. The largest absolute Gasteiger partial charge is 0.384 e. The fraction of sp³-hybridized carbons (Fsp3) is 0.750. The van der Waals surface area contributed by atoms with Crippen LogP contribution in [0.3, 0.4) is 0 Å². The molecule has 0 rings (SSSR count). The Labute approximate surface area is 66.7 Å². The van der Waals surface area contributed by atoms with Gasteiger partial charge in [0.2, 0.25) is 0 Å². The van der Waals surface area contributed by atoms with E-state index in [1.165, 1.54) is 7.11 Å². The Bertz CT molecular complexity index is 140. The summed E-state index contributed by atoms with van der Waals surface area (Å²) in [7, 11) is 1.54. The average Bonchev–Trinajstić information content (AvgIpc) is 2.00. The molecular formula is C8H14O3. The third-order valence-corrected chi connectivity index (χ3v) is 1.37. The van der Waals surface area contributed by atoms with E-state index in [1.807, 2.05) is 0 Å². The number of ether oxygens (including phenoxy) is 1. The second kappa shape index (κ2) is 6.04. The van der Waals surface area contributed by atoms with Crippen LogP contribution in [0.4, 0.5) is 0 Å². The van der Waals surface area contributed by atoms with Crippen molar-refractivity contribution in [2.45, 2.75) is 26.2 Å². The van der Waals surface area contributed by atoms with Crippen molar-refractivity contribution in [3.8, 4) is 0 Å². The number of rotatable bonds is 6. The van der Waals surface area contributed by atoms with Gasteiger partial charge in [0.15, 0.2) is 0 Å². The van der Waals surface area contributed by atoms with Gasteiger partial charge < -0.3 is 4.74 Å². The van der Waals surface area contributed by atoms with Crippen molar-refractivity contribution in [3.63, 3.8) is 0 Å². The lowest BCUT2D eigenvalue weighted by Crippen LogP contribution is -2.08. The van der Waals surface area contributed by atoms with E-state index in [9.17, 15) is 9.59 Å². The molecule has 0 aliphatic heterocycles. The molecule has 0 atom stereocenters. The van der Waals surface area contributed by atoms with Crippen LogP contribution < -0.4 is 0 Å². The van der Waals surface area contributed by atoms with Gasteiger partial charge in [-0.25, -0.2) is 0 Å². The Hall–Kier alpha value is -0.700. The van der Waals surface area contributed by atoms with Gasteiger partial charge in [-0.05, 0) is 0 Å². The Balaban J connectivity index is 3.44. The highest BCUT2D eigenvalue weighted by Crippen LogP contribution is 1.94. The summed E-state index contributed by atoms with van der Waals surface area (Å²) in [4.78, 5) is 21.6. The van der Waals surface area contributed by atoms with Crippen LogP contribution in [0.1, 0.15) is 26.2 Å². The van der Waals surface area contributed by atoms with Crippen LogP contribution in [0, 0.1) is 0 Å². The van der Waals surface area contributed by atoms with Crippen LogP contribution in [0.5, 0.6) is 0 Å². The predicted octanol–water partition coefficient (Wildman–Crippen LogP) is 0.961. The van der Waals surface area contributed by atoms with E-state index in [2.05, 4.69) is 0 Å². The van der Waals surface area contributed by atoms with Gasteiger partial charge in [0, 0.05) is 20.0 Å². The fourth-order valence-corrected chi connectivity index (χ4v) is 0.649. The summed E-state index contributed by atoms with van der Waals surface area (Å²) in [5.41, 5.74) is 0. The van der Waals surface area contributed by atoms with Crippen molar-refractivity contribution in [3.05, 3.63) is 0 Å². The minimum atomic E-state index is -0.0290. The number of hydrogen-bond acceptors (Lipinski definition) is 3. The van der Waals surface area contributed by atoms with Crippen molar-refractivity contribution in [2.75, 3.05) is 13.7 Å². The standard InChI is InChI=1S/C8H14O3/c1-3-7(9)6-8(10)4-5-11-2/h3-6H2,1-2H3. The first kappa shape index (κ1) is 10.3. The minimum Gasteiger partial charge on any atom is -0.384 e. The number of methoxy groups -OCH3 is 1. The van der Waals surface area contributed by atoms with Crippen LogP contribution in [-0.4, -0.2) is 25.3 Å². The Morgan fingerprint density at radius 1 is 1.27 bits per heavy atom. The molecule has 0 aliphatic rings. The van der Waals surface area contributed by atoms with Crippen molar-refractivity contribution in [1.82, 2.24) is 0 Å². The molecular weight excluding hydrogens is 144 g/mol. The van der Waals surface area contributed by atoms with Crippen LogP contribution in [-0.2, 0) is 14.3 Å². The molecule has 11 heavy (non-hydrogen) atoms. The molecule has 0 spiro atoms. The summed E-state index contributed by atoms with van der Waals surface area (Å²) >= 11 is 0. The van der Waals surface area contributed by atoms with Gasteiger partial charge in [0.1, 0.15) is 11.6 Å². The maximum Gasteiger partial charge on any atom is 0.142 e. The molecule has 3 heteroatoms. The van der Waals surface area contributed by atoms with E-state index >= 15 is 0 Å². The van der Waals surface area contributed by atoms with Gasteiger partial charge in [-0.3, -0.25) is 9.59 Å². The summed E-state index contributed by atoms with van der Waals surface area (Å²) in [5.74, 6) is -0.0233. The van der Waals surface area contributed by atoms with Crippen LogP contribution >= 0.6 is 0 Å². The van der Waals surface area contributed by atoms with Crippen molar-refractivity contribution in [1.29, 1.82) is 0 Å². The number of Topliss-reactive ketones (excluding diaryl/α,β-unsaturated/α-hetero) is 2. The SMILES string of the molecule is CCC(=O)CC(=O)CCOC. The Morgan fingerprint density at radius 3 is 2.36 bits per heavy atom. The molecule has 0 N–H and O–H groups in total. The topological polar surface area (TPSA) is 43.4 Å². The zero-order chi connectivity index (χ0) is 8.69. The molecule has 0 aromatic carbocycles. The number of hydrogen-bond donors (Lipinski definition) is 0. The van der Waals surface area contributed by atoms with Gasteiger partial charge in [0.25, 0.3) is 0 Å². The smallest absolute Gasteiger partial charge is 0.142 e. The van der Waals surface area contributed by atoms with Crippen LogP contribution in [0.25, 0.3) is 0 Å². The van der Waals surface area contributed by atoms with Crippen LogP contribution in [0.2, 0.25) is 0 Å². The molecule has 0 radical (unpaired) electrons. The third kappa shape index (κ3) is 5.73. The third-order valence-electron chi connectivity index (χ3n) is 1.37. The predicted molar refractivity (Wildman–Crippen MR) is 41.4 cm³/mol. The van der Waals surface area contributed by atoms with E-state index in [-0.39, 0.29) is 18.0 Å². The molecule has 0 aromatic heterocycles. The summed E-state index contributed by atoms with van der Waals surface area (Å²) < 4.78 is 4.70. The minimum absolute atomic E-state index is 0.00565. The number of carbonyl (C=O) groups is 2. The van der Waals surface area contributed by atoms with Gasteiger partial charge in [-0.2, -0.15) is 0 Å². The number of ketones is 2. The van der Waals surface area contributed by atoms with Gasteiger partial charge in [-0.15, -0.1) is 0 Å². The summed E-state index contributed by atoms with van der Waals surface area (Å²) in [5, 5.41) is 0. The lowest BCUT2D eigenvalue weighted by Gasteiger charge is -1.96. The van der Waals surface area contributed by atoms with Gasteiger partial charge in [0.05, 0.1) is 13.0 Å². The highest BCUT2D eigenvalue weighted by Gasteiger charge is 2.06. The van der Waals surface area contributed by atoms with Crippen LogP contribution in [0.15, 0.2) is 0 Å². The maximum atomic E-state index is 10.9. The second-order valence-corrected chi connectivity index (χ2v) is 2.35. The zero-order valence-corrected chi connectivity index (χ0v) is 7.05. The normalized spacial score (nSPS) is 9.64. The molecule has 0 heterocycles. The van der Waals surface area contributed by atoms with E-state index in [0.717, 1.165) is 0 Å². The molecule has 0 saturated carbocycles. The average molecular weight is 158 g/mol. The second-order valence-electron chi connectivity index (χ2n) is 2.35. The molecule has 0 aromatic rings. The summed E-state index contributed by atoms with van der Waals surface area (Å²) in [6.45, 7) is 2.17. The molecule has 0 fully saturated rings. The first-order valence-electron chi connectivity index (χ1n) is 3.73. The summed E-state index contributed by atoms with van der Waals surface area (Å²) in [6, 6.07) is 0. The van der Waals surface area contributed by atoms with E-state index < -0.39 is 0 Å². The van der Waals surface area contributed by atoms with Gasteiger partial charge >= 0.3 is 0 Å². The molecule has 3 nitrogen and oxygen atoms in total. The molecule has 0 saturated heterocycles. The number of carbonyl (C=O) groups excluding carboxylic acids is 2. The zero-order valence-electron chi connectivity index (χ0n) is 7.05. The summed E-state index contributed by atoms with van der Waals surface area (Å²) in [6.07, 6.45) is 0.862. The first-order chi connectivity index (χ1) is 5.20. The Kier molecular flexibility index (Phi) is 5.65. The molecule has 0 aliphatic carbocycles. The highest BCUT2D eigenvalue weighted by molar-refractivity contribution is 5.98. The van der Waals surface area contributed by atoms with E-state index in [4.69, 9.17) is 4.74 Å². The highest BCUT2D eigenvalue weighted by atomic mass is 16.5. The van der Waals surface area contributed by atoms with Crippen molar-refractivity contribution >= 4 is 11.6 Å². The molecule has 64 valence electrons. The van der Waals surface area contributed by atoms with Gasteiger partial charge in [-0.1, -0.05) is 6.92 Å². The fourth-order valence-electron chi connectivity index (χ4n) is 0.649. The molecule has 0 amide bonds. The van der Waals surface area contributed by atoms with Crippen molar-refractivity contribution in [2.24, 2.45) is 0 Å². The van der Waals surface area contributed by atoms with E-state index in [0.29, 0.717) is 19.4 Å². The molecule has 0 bridgehead atoms. The van der Waals surface area contributed by atoms with Crippen molar-refractivity contribution < 1.29 is 14.3 Å². The molecule has 0 unspecified atom stereocenters. The quantitative estimate of drug-likeness (QED) is 0.541. The maximum absolute atomic E-state index is 10.9. The first-order valence-corrected chi connectivity index (χ1v) is 3.73. The lowest BCUT2D eigenvalue weighted by molar-refractivity contribution is -0.127. The monoisotopic (exact) mass is 158 g/mol. The van der Waals surface area contributed by atoms with E-state index in [1.54, 1.807) is 6.92 Å². The Morgan fingerprint density at radius 2 is 1.91 bits per heavy atom.